The van der Waals surface area contributed by atoms with Crippen molar-refractivity contribution in [2.24, 2.45) is 5.41 Å². The highest BCUT2D eigenvalue weighted by Crippen LogP contribution is 2.42. The Bertz CT molecular complexity index is 520. The lowest BCUT2D eigenvalue weighted by Gasteiger charge is -2.32. The number of benzene rings is 1. The average molecular weight is 301 g/mol. The predicted octanol–water partition coefficient (Wildman–Crippen LogP) is 3.78. The molecule has 0 saturated heterocycles. The number of carbonyl (C=O) groups is 1. The maximum Gasteiger partial charge on any atom is 0.226 e. The zero-order chi connectivity index (χ0) is 15.4. The molecule has 2 aliphatic rings. The number of hydrogen-bond donors (Lipinski definition) is 1. The van der Waals surface area contributed by atoms with Crippen molar-refractivity contribution in [3.63, 3.8) is 0 Å². The first-order valence-corrected chi connectivity index (χ1v) is 8.63. The standard InChI is InChI=1S/C19H27NO2/c1-22-14-13-19(11-4-5-12-19)18(21)20-17-10-6-8-15-7-2-3-9-16(15)17/h2-3,7,9,17H,4-6,8,10-14H2,1H3,(H,20,21). The van der Waals surface area contributed by atoms with Gasteiger partial charge in [0, 0.05) is 13.7 Å². The van der Waals surface area contributed by atoms with E-state index in [0.717, 1.165) is 38.5 Å². The molecular weight excluding hydrogens is 274 g/mol. The summed E-state index contributed by atoms with van der Waals surface area (Å²) < 4.78 is 5.25. The molecule has 1 N–H and O–H groups in total. The molecule has 0 aromatic heterocycles. The Kier molecular flexibility index (Phi) is 4.82. The van der Waals surface area contributed by atoms with Gasteiger partial charge in [-0.2, -0.15) is 0 Å². The van der Waals surface area contributed by atoms with E-state index in [9.17, 15) is 4.79 Å². The number of amides is 1. The van der Waals surface area contributed by atoms with Gasteiger partial charge in [-0.15, -0.1) is 0 Å². The summed E-state index contributed by atoms with van der Waals surface area (Å²) in [5, 5.41) is 3.37. The van der Waals surface area contributed by atoms with E-state index in [4.69, 9.17) is 4.74 Å². The smallest absolute Gasteiger partial charge is 0.226 e. The van der Waals surface area contributed by atoms with Crippen LogP contribution in [-0.2, 0) is 16.0 Å². The second-order valence-corrected chi connectivity index (χ2v) is 6.85. The third-order valence-corrected chi connectivity index (χ3v) is 5.50. The van der Waals surface area contributed by atoms with Gasteiger partial charge in [-0.1, -0.05) is 37.1 Å². The monoisotopic (exact) mass is 301 g/mol. The van der Waals surface area contributed by atoms with Gasteiger partial charge in [0.1, 0.15) is 0 Å². The first kappa shape index (κ1) is 15.5. The zero-order valence-electron chi connectivity index (χ0n) is 13.6. The van der Waals surface area contributed by atoms with Crippen molar-refractivity contribution in [2.45, 2.75) is 57.4 Å². The van der Waals surface area contributed by atoms with E-state index in [2.05, 4.69) is 29.6 Å². The Labute approximate surface area is 133 Å². The lowest BCUT2D eigenvalue weighted by atomic mass is 9.80. The fourth-order valence-corrected chi connectivity index (χ4v) is 4.16. The van der Waals surface area contributed by atoms with Crippen LogP contribution in [0.15, 0.2) is 24.3 Å². The number of hydrogen-bond acceptors (Lipinski definition) is 2. The maximum atomic E-state index is 13.0. The highest BCUT2D eigenvalue weighted by atomic mass is 16.5. The van der Waals surface area contributed by atoms with Crippen molar-refractivity contribution in [1.29, 1.82) is 0 Å². The molecule has 3 rings (SSSR count). The lowest BCUT2D eigenvalue weighted by Crippen LogP contribution is -2.42. The molecule has 0 heterocycles. The summed E-state index contributed by atoms with van der Waals surface area (Å²) in [4.78, 5) is 13.0. The molecule has 1 atom stereocenters. The van der Waals surface area contributed by atoms with Crippen LogP contribution in [0.2, 0.25) is 0 Å². The largest absolute Gasteiger partial charge is 0.385 e. The number of rotatable bonds is 5. The van der Waals surface area contributed by atoms with E-state index in [1.165, 1.54) is 24.0 Å². The summed E-state index contributed by atoms with van der Waals surface area (Å²) in [6.45, 7) is 0.675. The number of carbonyl (C=O) groups excluding carboxylic acids is 1. The molecule has 1 fully saturated rings. The Hall–Kier alpha value is -1.35. The quantitative estimate of drug-likeness (QED) is 0.899. The van der Waals surface area contributed by atoms with Gasteiger partial charge in [-0.25, -0.2) is 0 Å². The average Bonchev–Trinajstić information content (AvgIpc) is 3.03. The summed E-state index contributed by atoms with van der Waals surface area (Å²) in [7, 11) is 1.72. The van der Waals surface area contributed by atoms with E-state index in [0.29, 0.717) is 6.61 Å². The minimum atomic E-state index is -0.192. The number of methoxy groups -OCH3 is 1. The van der Waals surface area contributed by atoms with Crippen LogP contribution in [0.25, 0.3) is 0 Å². The van der Waals surface area contributed by atoms with Crippen LogP contribution in [0, 0.1) is 5.41 Å². The lowest BCUT2D eigenvalue weighted by molar-refractivity contribution is -0.132. The first-order chi connectivity index (χ1) is 10.7. The molecule has 120 valence electrons. The highest BCUT2D eigenvalue weighted by molar-refractivity contribution is 5.83. The van der Waals surface area contributed by atoms with Crippen molar-refractivity contribution >= 4 is 5.91 Å². The minimum Gasteiger partial charge on any atom is -0.385 e. The zero-order valence-corrected chi connectivity index (χ0v) is 13.6. The van der Waals surface area contributed by atoms with E-state index in [1.54, 1.807) is 7.11 Å². The molecule has 22 heavy (non-hydrogen) atoms. The van der Waals surface area contributed by atoms with E-state index in [-0.39, 0.29) is 17.4 Å². The van der Waals surface area contributed by atoms with Crippen LogP contribution in [0.1, 0.15) is 62.1 Å². The fourth-order valence-electron chi connectivity index (χ4n) is 4.16. The summed E-state index contributed by atoms with van der Waals surface area (Å²) in [6.07, 6.45) is 8.56. The van der Waals surface area contributed by atoms with Crippen LogP contribution >= 0.6 is 0 Å². The number of ether oxygens (including phenoxy) is 1. The normalized spacial score (nSPS) is 23.0. The fraction of sp³-hybridized carbons (Fsp3) is 0.632. The van der Waals surface area contributed by atoms with Crippen LogP contribution < -0.4 is 5.32 Å². The molecule has 1 aromatic carbocycles. The number of nitrogens with one attached hydrogen (secondary N) is 1. The van der Waals surface area contributed by atoms with E-state index in [1.807, 2.05) is 0 Å². The maximum absolute atomic E-state index is 13.0. The Morgan fingerprint density at radius 3 is 2.82 bits per heavy atom. The van der Waals surface area contributed by atoms with Crippen molar-refractivity contribution in [2.75, 3.05) is 13.7 Å². The van der Waals surface area contributed by atoms with E-state index >= 15 is 0 Å². The summed E-state index contributed by atoms with van der Waals surface area (Å²) in [5.41, 5.74) is 2.53. The van der Waals surface area contributed by atoms with Crippen LogP contribution in [0.5, 0.6) is 0 Å². The molecular formula is C19H27NO2. The molecule has 0 radical (unpaired) electrons. The van der Waals surface area contributed by atoms with Crippen molar-refractivity contribution < 1.29 is 9.53 Å². The third kappa shape index (κ3) is 3.05. The second-order valence-electron chi connectivity index (χ2n) is 6.85. The van der Waals surface area contributed by atoms with Gasteiger partial charge in [-0.05, 0) is 49.7 Å². The van der Waals surface area contributed by atoms with Gasteiger partial charge in [-0.3, -0.25) is 4.79 Å². The SMILES string of the molecule is COCCC1(C(=O)NC2CCCc3ccccc32)CCCC1. The number of fused-ring (bicyclic) bond motifs is 1. The third-order valence-electron chi connectivity index (χ3n) is 5.50. The van der Waals surface area contributed by atoms with E-state index < -0.39 is 0 Å². The van der Waals surface area contributed by atoms with Crippen molar-refractivity contribution in [3.05, 3.63) is 35.4 Å². The molecule has 1 amide bonds. The van der Waals surface area contributed by atoms with Gasteiger partial charge < -0.3 is 10.1 Å². The van der Waals surface area contributed by atoms with Crippen LogP contribution in [0.3, 0.4) is 0 Å². The molecule has 1 unspecified atom stereocenters. The van der Waals surface area contributed by atoms with Gasteiger partial charge in [0.2, 0.25) is 5.91 Å². The molecule has 2 aliphatic carbocycles. The molecule has 3 heteroatoms. The summed E-state index contributed by atoms with van der Waals surface area (Å²) >= 11 is 0. The molecule has 3 nitrogen and oxygen atoms in total. The Morgan fingerprint density at radius 2 is 2.05 bits per heavy atom. The summed E-state index contributed by atoms with van der Waals surface area (Å²) in [6, 6.07) is 8.75. The van der Waals surface area contributed by atoms with Crippen molar-refractivity contribution in [3.8, 4) is 0 Å². The van der Waals surface area contributed by atoms with Gasteiger partial charge >= 0.3 is 0 Å². The van der Waals surface area contributed by atoms with Crippen molar-refractivity contribution in [1.82, 2.24) is 5.32 Å². The second kappa shape index (κ2) is 6.82. The topological polar surface area (TPSA) is 38.3 Å². The number of aryl methyl sites for hydroxylation is 1. The first-order valence-electron chi connectivity index (χ1n) is 8.63. The Balaban J connectivity index is 1.73. The van der Waals surface area contributed by atoms with Gasteiger partial charge in [0.25, 0.3) is 0 Å². The molecule has 0 bridgehead atoms. The Morgan fingerprint density at radius 1 is 1.27 bits per heavy atom. The summed E-state index contributed by atoms with van der Waals surface area (Å²) in [5.74, 6) is 0.253. The van der Waals surface area contributed by atoms with Crippen LogP contribution in [0.4, 0.5) is 0 Å². The van der Waals surface area contributed by atoms with Gasteiger partial charge in [0.05, 0.1) is 11.5 Å². The van der Waals surface area contributed by atoms with Crippen LogP contribution in [-0.4, -0.2) is 19.6 Å². The molecule has 0 spiro atoms. The molecule has 1 saturated carbocycles. The van der Waals surface area contributed by atoms with Gasteiger partial charge in [0.15, 0.2) is 0 Å². The molecule has 1 aromatic rings. The molecule has 0 aliphatic heterocycles. The predicted molar refractivity (Wildman–Crippen MR) is 87.7 cm³/mol. The minimum absolute atomic E-state index is 0.192. The highest BCUT2D eigenvalue weighted by Gasteiger charge is 2.41.